The Hall–Kier alpha value is -0.120. The molecule has 0 aromatic heterocycles. The van der Waals surface area contributed by atoms with E-state index in [1.165, 1.54) is 19.4 Å². The van der Waals surface area contributed by atoms with Crippen LogP contribution in [-0.2, 0) is 4.74 Å². The monoisotopic (exact) mass is 268 g/mol. The Kier molecular flexibility index (Phi) is 4.59. The van der Waals surface area contributed by atoms with E-state index in [1.807, 2.05) is 0 Å². The molecule has 0 amide bonds. The first-order valence-corrected chi connectivity index (χ1v) is 7.93. The standard InChI is InChI=1S/C16H32N2O/c1-11-10-19-12(2)8-18(11)9-14-6-7-15(17)13(3)16(14,4)5/h11-15H,6-10,17H2,1-5H3. The zero-order valence-electron chi connectivity index (χ0n) is 13.4. The summed E-state index contributed by atoms with van der Waals surface area (Å²) in [6, 6.07) is 0.935. The summed E-state index contributed by atoms with van der Waals surface area (Å²) in [5, 5.41) is 0. The second kappa shape index (κ2) is 5.71. The second-order valence-electron chi connectivity index (χ2n) is 7.50. The summed E-state index contributed by atoms with van der Waals surface area (Å²) in [6.45, 7) is 14.8. The van der Waals surface area contributed by atoms with Crippen LogP contribution in [0.25, 0.3) is 0 Å². The van der Waals surface area contributed by atoms with Crippen LogP contribution in [0.1, 0.15) is 47.5 Å². The van der Waals surface area contributed by atoms with Crippen molar-refractivity contribution in [2.45, 2.75) is 65.6 Å². The van der Waals surface area contributed by atoms with Crippen LogP contribution in [0, 0.1) is 17.3 Å². The lowest BCUT2D eigenvalue weighted by molar-refractivity contribution is -0.0698. The van der Waals surface area contributed by atoms with Crippen molar-refractivity contribution in [3.63, 3.8) is 0 Å². The largest absolute Gasteiger partial charge is 0.376 e. The van der Waals surface area contributed by atoms with E-state index in [9.17, 15) is 0 Å². The van der Waals surface area contributed by atoms with Gasteiger partial charge in [0, 0.05) is 25.2 Å². The molecule has 1 heterocycles. The summed E-state index contributed by atoms with van der Waals surface area (Å²) in [7, 11) is 0. The molecular formula is C16H32N2O. The average Bonchev–Trinajstić information content (AvgIpc) is 2.35. The first-order valence-electron chi connectivity index (χ1n) is 7.93. The highest BCUT2D eigenvalue weighted by Gasteiger charge is 2.42. The molecule has 112 valence electrons. The maximum Gasteiger partial charge on any atom is 0.0674 e. The van der Waals surface area contributed by atoms with Crippen LogP contribution < -0.4 is 5.73 Å². The Labute approximate surface area is 118 Å². The molecule has 1 saturated carbocycles. The fraction of sp³-hybridized carbons (Fsp3) is 1.00. The van der Waals surface area contributed by atoms with E-state index in [0.717, 1.165) is 19.1 Å². The van der Waals surface area contributed by atoms with Gasteiger partial charge in [-0.15, -0.1) is 0 Å². The van der Waals surface area contributed by atoms with Crippen LogP contribution >= 0.6 is 0 Å². The minimum Gasteiger partial charge on any atom is -0.376 e. The summed E-state index contributed by atoms with van der Waals surface area (Å²) < 4.78 is 5.74. The first-order chi connectivity index (χ1) is 8.82. The molecule has 3 heteroatoms. The minimum absolute atomic E-state index is 0.346. The van der Waals surface area contributed by atoms with Crippen molar-refractivity contribution in [1.82, 2.24) is 4.90 Å². The number of hydrogen-bond donors (Lipinski definition) is 1. The number of morpholine rings is 1. The highest BCUT2D eigenvalue weighted by molar-refractivity contribution is 4.95. The van der Waals surface area contributed by atoms with Gasteiger partial charge in [-0.3, -0.25) is 4.90 Å². The predicted molar refractivity (Wildman–Crippen MR) is 80.1 cm³/mol. The molecule has 5 unspecified atom stereocenters. The number of rotatable bonds is 2. The van der Waals surface area contributed by atoms with Crippen LogP contribution in [0.3, 0.4) is 0 Å². The van der Waals surface area contributed by atoms with Crippen LogP contribution in [0.15, 0.2) is 0 Å². The van der Waals surface area contributed by atoms with Crippen LogP contribution in [0.4, 0.5) is 0 Å². The molecule has 2 N–H and O–H groups in total. The molecule has 0 radical (unpaired) electrons. The van der Waals surface area contributed by atoms with Gasteiger partial charge in [0.1, 0.15) is 0 Å². The van der Waals surface area contributed by atoms with Gasteiger partial charge in [0.15, 0.2) is 0 Å². The van der Waals surface area contributed by atoms with Crippen molar-refractivity contribution >= 4 is 0 Å². The van der Waals surface area contributed by atoms with Gasteiger partial charge in [-0.2, -0.15) is 0 Å². The number of ether oxygens (including phenoxy) is 1. The SMILES string of the molecule is CC1CN(CC2CCC(N)C(C)C2(C)C)C(C)CO1. The highest BCUT2D eigenvalue weighted by Crippen LogP contribution is 2.44. The van der Waals surface area contributed by atoms with Gasteiger partial charge in [0.25, 0.3) is 0 Å². The highest BCUT2D eigenvalue weighted by atomic mass is 16.5. The Balaban J connectivity index is 2.01. The summed E-state index contributed by atoms with van der Waals surface area (Å²) in [4.78, 5) is 2.63. The molecule has 0 aromatic carbocycles. The van der Waals surface area contributed by atoms with Crippen molar-refractivity contribution in [3.8, 4) is 0 Å². The van der Waals surface area contributed by atoms with E-state index in [0.29, 0.717) is 29.5 Å². The van der Waals surface area contributed by atoms with E-state index in [2.05, 4.69) is 39.5 Å². The fourth-order valence-corrected chi connectivity index (χ4v) is 3.78. The maximum absolute atomic E-state index is 6.26. The van der Waals surface area contributed by atoms with Crippen molar-refractivity contribution in [1.29, 1.82) is 0 Å². The van der Waals surface area contributed by atoms with Crippen molar-refractivity contribution in [3.05, 3.63) is 0 Å². The lowest BCUT2D eigenvalue weighted by Gasteiger charge is -2.50. The average molecular weight is 268 g/mol. The topological polar surface area (TPSA) is 38.5 Å². The van der Waals surface area contributed by atoms with E-state index in [-0.39, 0.29) is 0 Å². The van der Waals surface area contributed by atoms with Crippen LogP contribution in [0.5, 0.6) is 0 Å². The molecule has 2 aliphatic rings. The molecule has 0 spiro atoms. The molecule has 1 saturated heterocycles. The summed E-state index contributed by atoms with van der Waals surface area (Å²) >= 11 is 0. The third-order valence-corrected chi connectivity index (χ3v) is 5.91. The molecule has 2 fully saturated rings. The summed E-state index contributed by atoms with van der Waals surface area (Å²) in [5.41, 5.74) is 6.61. The quantitative estimate of drug-likeness (QED) is 0.836. The lowest BCUT2D eigenvalue weighted by Crippen LogP contribution is -2.54. The molecular weight excluding hydrogens is 236 g/mol. The Bertz CT molecular complexity index is 305. The van der Waals surface area contributed by atoms with Crippen molar-refractivity contribution < 1.29 is 4.74 Å². The number of nitrogens with two attached hydrogens (primary N) is 1. The van der Waals surface area contributed by atoms with Crippen LogP contribution in [-0.4, -0.2) is 42.8 Å². The van der Waals surface area contributed by atoms with Gasteiger partial charge in [-0.25, -0.2) is 0 Å². The van der Waals surface area contributed by atoms with E-state index in [1.54, 1.807) is 0 Å². The molecule has 19 heavy (non-hydrogen) atoms. The van der Waals surface area contributed by atoms with Gasteiger partial charge in [0.2, 0.25) is 0 Å². The van der Waals surface area contributed by atoms with Crippen molar-refractivity contribution in [2.24, 2.45) is 23.0 Å². The number of hydrogen-bond acceptors (Lipinski definition) is 3. The smallest absolute Gasteiger partial charge is 0.0674 e. The van der Waals surface area contributed by atoms with E-state index < -0.39 is 0 Å². The molecule has 0 bridgehead atoms. The van der Waals surface area contributed by atoms with E-state index in [4.69, 9.17) is 10.5 Å². The van der Waals surface area contributed by atoms with Gasteiger partial charge in [-0.05, 0) is 43.9 Å². The molecule has 0 aromatic rings. The summed E-state index contributed by atoms with van der Waals surface area (Å²) in [6.07, 6.45) is 2.84. The molecule has 1 aliphatic heterocycles. The zero-order chi connectivity index (χ0) is 14.2. The predicted octanol–water partition coefficient (Wildman–Crippen LogP) is 2.50. The van der Waals surface area contributed by atoms with Crippen LogP contribution in [0.2, 0.25) is 0 Å². The lowest BCUT2D eigenvalue weighted by atomic mass is 9.61. The first kappa shape index (κ1) is 15.3. The Morgan fingerprint density at radius 2 is 1.89 bits per heavy atom. The zero-order valence-corrected chi connectivity index (χ0v) is 13.4. The summed E-state index contributed by atoms with van der Waals surface area (Å²) in [5.74, 6) is 1.37. The Morgan fingerprint density at radius 3 is 2.58 bits per heavy atom. The van der Waals surface area contributed by atoms with Gasteiger partial charge < -0.3 is 10.5 Å². The molecule has 1 aliphatic carbocycles. The van der Waals surface area contributed by atoms with E-state index >= 15 is 0 Å². The van der Waals surface area contributed by atoms with Gasteiger partial charge in [0.05, 0.1) is 12.7 Å². The Morgan fingerprint density at radius 1 is 1.21 bits per heavy atom. The van der Waals surface area contributed by atoms with Crippen molar-refractivity contribution in [2.75, 3.05) is 19.7 Å². The normalized spacial score (nSPS) is 44.2. The molecule has 2 rings (SSSR count). The minimum atomic E-state index is 0.346. The van der Waals surface area contributed by atoms with Gasteiger partial charge in [-0.1, -0.05) is 20.8 Å². The van der Waals surface area contributed by atoms with Gasteiger partial charge >= 0.3 is 0 Å². The third-order valence-electron chi connectivity index (χ3n) is 5.91. The molecule has 3 nitrogen and oxygen atoms in total. The second-order valence-corrected chi connectivity index (χ2v) is 7.50. The fourth-order valence-electron chi connectivity index (χ4n) is 3.78. The molecule has 5 atom stereocenters. The third kappa shape index (κ3) is 3.14. The number of nitrogens with zero attached hydrogens (tertiary/aromatic N) is 1. The maximum atomic E-state index is 6.26.